The average molecular weight is 565 g/mol. The Morgan fingerprint density at radius 1 is 1.02 bits per heavy atom. The van der Waals surface area contributed by atoms with Crippen LogP contribution in [-0.4, -0.2) is 70.2 Å². The Kier molecular flexibility index (Phi) is 8.35. The first kappa shape index (κ1) is 28.5. The summed E-state index contributed by atoms with van der Waals surface area (Å²) in [7, 11) is 0. The van der Waals surface area contributed by atoms with Crippen LogP contribution in [0.1, 0.15) is 12.5 Å². The van der Waals surface area contributed by atoms with Gasteiger partial charge in [0.15, 0.2) is 0 Å². The van der Waals surface area contributed by atoms with Gasteiger partial charge in [0.2, 0.25) is 11.9 Å². The number of nitrogens with one attached hydrogen (secondary N) is 2. The van der Waals surface area contributed by atoms with Gasteiger partial charge in [-0.25, -0.2) is 14.8 Å². The normalized spacial score (nSPS) is 15.7. The van der Waals surface area contributed by atoms with Crippen LogP contribution in [0, 0.1) is 6.92 Å². The van der Waals surface area contributed by atoms with Crippen LogP contribution >= 0.6 is 0 Å². The zero-order valence-corrected chi connectivity index (χ0v) is 21.4. The number of urea groups is 1. The fourth-order valence-electron chi connectivity index (χ4n) is 4.15. The van der Waals surface area contributed by atoms with Crippen LogP contribution in [0.25, 0.3) is 11.1 Å². The lowest BCUT2D eigenvalue weighted by Gasteiger charge is -2.41. The topological polar surface area (TPSA) is 99.7 Å². The van der Waals surface area contributed by atoms with Crippen molar-refractivity contribution in [3.05, 3.63) is 60.4 Å². The van der Waals surface area contributed by atoms with Crippen LogP contribution in [0.3, 0.4) is 0 Å². The minimum atomic E-state index is -4.67. The minimum Gasteiger partial charge on any atom is -0.435 e. The molecule has 2 N–H and O–H groups in total. The number of benzene rings is 2. The lowest BCUT2D eigenvalue weighted by Crippen LogP contribution is -2.61. The van der Waals surface area contributed by atoms with Gasteiger partial charge in [-0.3, -0.25) is 4.79 Å². The van der Waals surface area contributed by atoms with Crippen LogP contribution in [0.5, 0.6) is 5.75 Å². The Bertz CT molecular complexity index is 1350. The third kappa shape index (κ3) is 6.93. The van der Waals surface area contributed by atoms with E-state index in [2.05, 4.69) is 25.3 Å². The molecule has 0 saturated carbocycles. The molecule has 1 saturated heterocycles. The maximum atomic E-state index is 13.5. The number of ether oxygens (including phenoxy) is 1. The number of carbonyl (C=O) groups excluding carboxylic acids is 2. The van der Waals surface area contributed by atoms with Crippen molar-refractivity contribution in [1.82, 2.24) is 19.8 Å². The number of nitrogens with zero attached hydrogens (tertiary/aromatic N) is 4. The summed E-state index contributed by atoms with van der Waals surface area (Å²) in [6.07, 6.45) is -1.61. The van der Waals surface area contributed by atoms with Crippen molar-refractivity contribution in [2.75, 3.05) is 30.3 Å². The molecule has 1 unspecified atom stereocenters. The molecule has 1 fully saturated rings. The molecular weight excluding hydrogens is 539 g/mol. The SMILES string of the molecule is CC(=O)N1CCN(C(=O)Nc2cc(Nc3ncc(-c4ccc(OC(F)F)cc4)cn3)ccc2C)CC1C(F)(F)F. The number of rotatable bonds is 6. The molecule has 1 aliphatic heterocycles. The molecule has 0 spiro atoms. The summed E-state index contributed by atoms with van der Waals surface area (Å²) in [5.74, 6) is -0.445. The van der Waals surface area contributed by atoms with Crippen LogP contribution in [-0.2, 0) is 4.79 Å². The van der Waals surface area contributed by atoms with Crippen LogP contribution in [0.15, 0.2) is 54.9 Å². The first-order valence-corrected chi connectivity index (χ1v) is 12.1. The summed E-state index contributed by atoms with van der Waals surface area (Å²) < 4.78 is 69.5. The fourth-order valence-corrected chi connectivity index (χ4v) is 4.15. The zero-order valence-electron chi connectivity index (χ0n) is 21.4. The van der Waals surface area contributed by atoms with E-state index < -0.39 is 37.3 Å². The van der Waals surface area contributed by atoms with Crippen molar-refractivity contribution in [1.29, 1.82) is 0 Å². The number of alkyl halides is 5. The van der Waals surface area contributed by atoms with Gasteiger partial charge in [0.1, 0.15) is 11.8 Å². The first-order chi connectivity index (χ1) is 18.9. The van der Waals surface area contributed by atoms with Gasteiger partial charge >= 0.3 is 18.8 Å². The number of hydrogen-bond donors (Lipinski definition) is 2. The number of piperazine rings is 1. The Balaban J connectivity index is 1.41. The van der Waals surface area contributed by atoms with Crippen LogP contribution < -0.4 is 15.4 Å². The maximum Gasteiger partial charge on any atom is 0.410 e. The van der Waals surface area contributed by atoms with Crippen molar-refractivity contribution < 1.29 is 36.3 Å². The molecule has 4 rings (SSSR count). The van der Waals surface area contributed by atoms with Gasteiger partial charge < -0.3 is 25.2 Å². The third-order valence-corrected chi connectivity index (χ3v) is 6.25. The van der Waals surface area contributed by atoms with Gasteiger partial charge in [0, 0.05) is 49.3 Å². The van der Waals surface area contributed by atoms with E-state index in [0.29, 0.717) is 28.1 Å². The Morgan fingerprint density at radius 3 is 2.30 bits per heavy atom. The van der Waals surface area contributed by atoms with E-state index in [1.54, 1.807) is 37.3 Å². The molecule has 212 valence electrons. The van der Waals surface area contributed by atoms with Crippen LogP contribution in [0.2, 0.25) is 0 Å². The summed E-state index contributed by atoms with van der Waals surface area (Å²) >= 11 is 0. The van der Waals surface area contributed by atoms with E-state index in [4.69, 9.17) is 0 Å². The molecular formula is C26H25F5N6O3. The molecule has 2 aromatic carbocycles. The first-order valence-electron chi connectivity index (χ1n) is 12.1. The number of aromatic nitrogens is 2. The smallest absolute Gasteiger partial charge is 0.410 e. The molecule has 0 bridgehead atoms. The van der Waals surface area contributed by atoms with E-state index in [9.17, 15) is 31.5 Å². The van der Waals surface area contributed by atoms with Crippen molar-refractivity contribution in [3.8, 4) is 16.9 Å². The highest BCUT2D eigenvalue weighted by molar-refractivity contribution is 5.91. The maximum absolute atomic E-state index is 13.5. The Hall–Kier alpha value is -4.49. The Labute approximate surface area is 226 Å². The molecule has 9 nitrogen and oxygen atoms in total. The predicted octanol–water partition coefficient (Wildman–Crippen LogP) is 5.42. The molecule has 0 radical (unpaired) electrons. The van der Waals surface area contributed by atoms with E-state index in [0.717, 1.165) is 16.7 Å². The highest BCUT2D eigenvalue weighted by Gasteiger charge is 2.48. The molecule has 1 atom stereocenters. The number of carbonyl (C=O) groups is 2. The predicted molar refractivity (Wildman–Crippen MR) is 136 cm³/mol. The second-order valence-electron chi connectivity index (χ2n) is 9.00. The van der Waals surface area contributed by atoms with Crippen molar-refractivity contribution >= 4 is 29.3 Å². The summed E-state index contributed by atoms with van der Waals surface area (Å²) in [4.78, 5) is 34.8. The van der Waals surface area contributed by atoms with Crippen LogP contribution in [0.4, 0.5) is 44.1 Å². The number of anilines is 3. The average Bonchev–Trinajstić information content (AvgIpc) is 2.90. The second kappa shape index (κ2) is 11.7. The highest BCUT2D eigenvalue weighted by atomic mass is 19.4. The van der Waals surface area contributed by atoms with E-state index in [-0.39, 0.29) is 24.8 Å². The number of hydrogen-bond acceptors (Lipinski definition) is 6. The Morgan fingerprint density at radius 2 is 1.70 bits per heavy atom. The van der Waals surface area contributed by atoms with Gasteiger partial charge in [-0.05, 0) is 42.3 Å². The molecule has 3 amide bonds. The lowest BCUT2D eigenvalue weighted by atomic mass is 10.1. The standard InChI is InChI=1S/C26H25F5N6O3/c1-15-3-6-19(34-24-32-12-18(13-33-24)17-4-7-20(8-5-17)40-23(27)28)11-21(15)35-25(39)36-9-10-37(16(2)38)22(14-36)26(29,30)31/h3-8,11-13,22-23H,9-10,14H2,1-2H3,(H,35,39)(H,32,33,34). The zero-order chi connectivity index (χ0) is 29.0. The summed E-state index contributed by atoms with van der Waals surface area (Å²) in [5.41, 5.74) is 2.87. The lowest BCUT2D eigenvalue weighted by molar-refractivity contribution is -0.197. The summed E-state index contributed by atoms with van der Waals surface area (Å²) in [5, 5.41) is 5.64. The monoisotopic (exact) mass is 564 g/mol. The van der Waals surface area contributed by atoms with Gasteiger partial charge in [-0.1, -0.05) is 18.2 Å². The summed E-state index contributed by atoms with van der Waals surface area (Å²) in [6.45, 7) is -1.06. The third-order valence-electron chi connectivity index (χ3n) is 6.25. The summed E-state index contributed by atoms with van der Waals surface area (Å²) in [6, 6.07) is 8.22. The molecule has 40 heavy (non-hydrogen) atoms. The van der Waals surface area contributed by atoms with Crippen molar-refractivity contribution in [2.45, 2.75) is 32.7 Å². The van der Waals surface area contributed by atoms with Gasteiger partial charge in [-0.15, -0.1) is 0 Å². The highest BCUT2D eigenvalue weighted by Crippen LogP contribution is 2.29. The largest absolute Gasteiger partial charge is 0.435 e. The fraction of sp³-hybridized carbons (Fsp3) is 0.308. The molecule has 1 aliphatic rings. The molecule has 14 heteroatoms. The molecule has 3 aromatic rings. The molecule has 0 aliphatic carbocycles. The van der Waals surface area contributed by atoms with E-state index in [1.807, 2.05) is 0 Å². The number of amides is 3. The molecule has 1 aromatic heterocycles. The second-order valence-corrected chi connectivity index (χ2v) is 9.00. The molecule has 2 heterocycles. The van der Waals surface area contributed by atoms with E-state index in [1.165, 1.54) is 24.5 Å². The van der Waals surface area contributed by atoms with Crippen molar-refractivity contribution in [3.63, 3.8) is 0 Å². The van der Waals surface area contributed by atoms with Crippen molar-refractivity contribution in [2.24, 2.45) is 0 Å². The number of halogens is 5. The quantitative estimate of drug-likeness (QED) is 0.388. The van der Waals surface area contributed by atoms with Gasteiger partial charge in [0.05, 0.1) is 6.54 Å². The van der Waals surface area contributed by atoms with E-state index >= 15 is 0 Å². The van der Waals surface area contributed by atoms with Gasteiger partial charge in [0.25, 0.3) is 0 Å². The van der Waals surface area contributed by atoms with Gasteiger partial charge in [-0.2, -0.15) is 22.0 Å². The minimum absolute atomic E-state index is 0.0266. The number of aryl methyl sites for hydroxylation is 1.